The summed E-state index contributed by atoms with van der Waals surface area (Å²) in [5.41, 5.74) is 4.15. The SMILES string of the molecule is COc1ccc(NC2=C(c3ccccc3)C(=O)N(c3cc(C)ccc3C)C2=O)cc1Cl. The molecule has 0 atom stereocenters. The van der Waals surface area contributed by atoms with Gasteiger partial charge in [-0.05, 0) is 54.8 Å². The van der Waals surface area contributed by atoms with Gasteiger partial charge in [0, 0.05) is 5.69 Å². The summed E-state index contributed by atoms with van der Waals surface area (Å²) in [4.78, 5) is 28.2. The maximum atomic E-state index is 13.5. The third-order valence-electron chi connectivity index (χ3n) is 5.17. The number of benzene rings is 3. The molecule has 1 aliphatic rings. The maximum absolute atomic E-state index is 13.5. The molecule has 31 heavy (non-hydrogen) atoms. The van der Waals surface area contributed by atoms with Crippen molar-refractivity contribution in [1.82, 2.24) is 0 Å². The zero-order valence-corrected chi connectivity index (χ0v) is 18.2. The zero-order chi connectivity index (χ0) is 22.1. The number of imide groups is 1. The van der Waals surface area contributed by atoms with E-state index in [1.165, 1.54) is 12.0 Å². The number of nitrogens with zero attached hydrogens (tertiary/aromatic N) is 1. The number of amides is 2. The van der Waals surface area contributed by atoms with Crippen LogP contribution in [0.25, 0.3) is 5.57 Å². The number of halogens is 1. The molecule has 0 fully saturated rings. The Labute approximate surface area is 185 Å². The number of nitrogens with one attached hydrogen (secondary N) is 1. The molecule has 0 saturated heterocycles. The molecule has 0 spiro atoms. The lowest BCUT2D eigenvalue weighted by molar-refractivity contribution is -0.120. The molecule has 1 heterocycles. The molecular weight excluding hydrogens is 412 g/mol. The summed E-state index contributed by atoms with van der Waals surface area (Å²) in [6.07, 6.45) is 0. The van der Waals surface area contributed by atoms with Gasteiger partial charge in [-0.15, -0.1) is 0 Å². The summed E-state index contributed by atoms with van der Waals surface area (Å²) in [5, 5.41) is 3.52. The Morgan fingerprint density at radius 2 is 1.65 bits per heavy atom. The molecule has 4 rings (SSSR count). The van der Waals surface area contributed by atoms with Gasteiger partial charge in [0.25, 0.3) is 11.8 Å². The fourth-order valence-electron chi connectivity index (χ4n) is 3.59. The van der Waals surface area contributed by atoms with Gasteiger partial charge in [0.15, 0.2) is 0 Å². The molecule has 0 aromatic heterocycles. The first kappa shape index (κ1) is 20.7. The van der Waals surface area contributed by atoms with E-state index in [1.807, 2.05) is 62.4 Å². The average molecular weight is 433 g/mol. The van der Waals surface area contributed by atoms with E-state index in [-0.39, 0.29) is 11.6 Å². The minimum Gasteiger partial charge on any atom is -0.495 e. The molecule has 156 valence electrons. The lowest BCUT2D eigenvalue weighted by atomic mass is 10.0. The van der Waals surface area contributed by atoms with E-state index in [0.29, 0.717) is 33.3 Å². The van der Waals surface area contributed by atoms with E-state index in [1.54, 1.807) is 18.2 Å². The van der Waals surface area contributed by atoms with Crippen LogP contribution in [-0.4, -0.2) is 18.9 Å². The first-order valence-electron chi connectivity index (χ1n) is 9.77. The number of methoxy groups -OCH3 is 1. The Morgan fingerprint density at radius 3 is 2.32 bits per heavy atom. The first-order chi connectivity index (χ1) is 14.9. The Morgan fingerprint density at radius 1 is 0.903 bits per heavy atom. The summed E-state index contributed by atoms with van der Waals surface area (Å²) >= 11 is 6.25. The molecule has 0 bridgehead atoms. The van der Waals surface area contributed by atoms with Gasteiger partial charge in [-0.3, -0.25) is 9.59 Å². The summed E-state index contributed by atoms with van der Waals surface area (Å²) in [6.45, 7) is 3.81. The van der Waals surface area contributed by atoms with Gasteiger partial charge in [0.05, 0.1) is 23.4 Å². The standard InChI is InChI=1S/C25H21ClN2O3/c1-15-9-10-16(2)20(13-15)28-24(29)22(17-7-5-4-6-8-17)23(25(28)30)27-18-11-12-21(31-3)19(26)14-18/h4-14,27H,1-3H3. The van der Waals surface area contributed by atoms with Gasteiger partial charge < -0.3 is 10.1 Å². The van der Waals surface area contributed by atoms with Gasteiger partial charge in [0.2, 0.25) is 0 Å². The topological polar surface area (TPSA) is 58.6 Å². The van der Waals surface area contributed by atoms with Crippen LogP contribution in [-0.2, 0) is 9.59 Å². The number of aryl methyl sites for hydroxylation is 2. The van der Waals surface area contributed by atoms with Crippen molar-refractivity contribution in [2.45, 2.75) is 13.8 Å². The van der Waals surface area contributed by atoms with E-state index in [2.05, 4.69) is 5.32 Å². The Kier molecular flexibility index (Phi) is 5.53. The molecule has 0 saturated carbocycles. The van der Waals surface area contributed by atoms with Crippen LogP contribution < -0.4 is 15.0 Å². The number of rotatable bonds is 5. The molecule has 2 amide bonds. The van der Waals surface area contributed by atoms with Crippen molar-refractivity contribution >= 4 is 40.4 Å². The van der Waals surface area contributed by atoms with Crippen molar-refractivity contribution in [3.05, 3.63) is 94.1 Å². The van der Waals surface area contributed by atoms with Gasteiger partial charge >= 0.3 is 0 Å². The first-order valence-corrected chi connectivity index (χ1v) is 10.1. The number of hydrogen-bond acceptors (Lipinski definition) is 4. The highest BCUT2D eigenvalue weighted by molar-refractivity contribution is 6.46. The summed E-state index contributed by atoms with van der Waals surface area (Å²) in [7, 11) is 1.53. The third kappa shape index (κ3) is 3.80. The Bertz CT molecular complexity index is 1220. The number of hydrogen-bond donors (Lipinski definition) is 1. The number of anilines is 2. The normalized spacial score (nSPS) is 13.7. The summed E-state index contributed by atoms with van der Waals surface area (Å²) in [6, 6.07) is 20.0. The van der Waals surface area contributed by atoms with Crippen molar-refractivity contribution < 1.29 is 14.3 Å². The molecule has 3 aromatic carbocycles. The molecule has 0 aliphatic carbocycles. The number of carbonyl (C=O) groups is 2. The number of carbonyl (C=O) groups excluding carboxylic acids is 2. The molecule has 0 radical (unpaired) electrons. The van der Waals surface area contributed by atoms with Crippen LogP contribution in [0.2, 0.25) is 5.02 Å². The summed E-state index contributed by atoms with van der Waals surface area (Å²) < 4.78 is 5.20. The molecule has 3 aromatic rings. The quantitative estimate of drug-likeness (QED) is 0.551. The maximum Gasteiger partial charge on any atom is 0.282 e. The molecule has 1 N–H and O–H groups in total. The molecule has 5 nitrogen and oxygen atoms in total. The largest absolute Gasteiger partial charge is 0.495 e. The van der Waals surface area contributed by atoms with Crippen LogP contribution in [0.5, 0.6) is 5.75 Å². The second kappa shape index (κ2) is 8.28. The molecular formula is C25H21ClN2O3. The van der Waals surface area contributed by atoms with Gasteiger partial charge in [-0.2, -0.15) is 0 Å². The summed E-state index contributed by atoms with van der Waals surface area (Å²) in [5.74, 6) is -0.258. The van der Waals surface area contributed by atoms with E-state index >= 15 is 0 Å². The smallest absolute Gasteiger partial charge is 0.282 e. The van der Waals surface area contributed by atoms with Crippen molar-refractivity contribution in [3.8, 4) is 5.75 Å². The third-order valence-corrected chi connectivity index (χ3v) is 5.47. The minimum absolute atomic E-state index is 0.207. The van der Waals surface area contributed by atoms with Crippen LogP contribution in [0.15, 0.2) is 72.4 Å². The van der Waals surface area contributed by atoms with E-state index in [0.717, 1.165) is 11.1 Å². The highest BCUT2D eigenvalue weighted by atomic mass is 35.5. The molecule has 6 heteroatoms. The molecule has 1 aliphatic heterocycles. The highest BCUT2D eigenvalue weighted by Crippen LogP contribution is 2.36. The van der Waals surface area contributed by atoms with Crippen molar-refractivity contribution in [1.29, 1.82) is 0 Å². The van der Waals surface area contributed by atoms with Crippen LogP contribution in [0.3, 0.4) is 0 Å². The van der Waals surface area contributed by atoms with Crippen LogP contribution >= 0.6 is 11.6 Å². The predicted molar refractivity (Wildman–Crippen MR) is 123 cm³/mol. The van der Waals surface area contributed by atoms with Crippen molar-refractivity contribution in [3.63, 3.8) is 0 Å². The monoisotopic (exact) mass is 432 g/mol. The highest BCUT2D eigenvalue weighted by Gasteiger charge is 2.40. The van der Waals surface area contributed by atoms with Gasteiger partial charge in [0.1, 0.15) is 11.4 Å². The van der Waals surface area contributed by atoms with Crippen molar-refractivity contribution in [2.24, 2.45) is 0 Å². The minimum atomic E-state index is -0.413. The number of ether oxygens (including phenoxy) is 1. The zero-order valence-electron chi connectivity index (χ0n) is 17.4. The lowest BCUT2D eigenvalue weighted by Gasteiger charge is -2.18. The average Bonchev–Trinajstić information content (AvgIpc) is 3.00. The fraction of sp³-hybridized carbons (Fsp3) is 0.120. The van der Waals surface area contributed by atoms with Gasteiger partial charge in [-0.1, -0.05) is 54.1 Å². The van der Waals surface area contributed by atoms with Crippen LogP contribution in [0.1, 0.15) is 16.7 Å². The fourth-order valence-corrected chi connectivity index (χ4v) is 3.84. The molecule has 0 unspecified atom stereocenters. The van der Waals surface area contributed by atoms with Crippen LogP contribution in [0.4, 0.5) is 11.4 Å². The second-order valence-electron chi connectivity index (χ2n) is 7.33. The van der Waals surface area contributed by atoms with E-state index < -0.39 is 5.91 Å². The van der Waals surface area contributed by atoms with Crippen molar-refractivity contribution in [2.75, 3.05) is 17.3 Å². The lowest BCUT2D eigenvalue weighted by Crippen LogP contribution is -2.33. The van der Waals surface area contributed by atoms with E-state index in [9.17, 15) is 9.59 Å². The van der Waals surface area contributed by atoms with Crippen LogP contribution in [0, 0.1) is 13.8 Å². The Balaban J connectivity index is 1.83. The van der Waals surface area contributed by atoms with Gasteiger partial charge in [-0.25, -0.2) is 4.90 Å². The second-order valence-corrected chi connectivity index (χ2v) is 7.73. The predicted octanol–water partition coefficient (Wildman–Crippen LogP) is 5.36. The Hall–Kier alpha value is -3.57. The van der Waals surface area contributed by atoms with E-state index in [4.69, 9.17) is 16.3 Å².